The van der Waals surface area contributed by atoms with Crippen LogP contribution in [0.25, 0.3) is 0 Å². The van der Waals surface area contributed by atoms with Crippen LogP contribution in [0.3, 0.4) is 0 Å². The first-order chi connectivity index (χ1) is 55.3. The molecule has 4 aliphatic carbocycles. The largest absolute Gasteiger partial charge is 0.332 e. The van der Waals surface area contributed by atoms with Crippen molar-refractivity contribution in [1.82, 2.24) is 19.6 Å². The number of aryl methyl sites for hydroxylation is 6. The van der Waals surface area contributed by atoms with Crippen LogP contribution < -0.4 is 21.3 Å². The Labute approximate surface area is 695 Å². The first kappa shape index (κ1) is 84.0. The van der Waals surface area contributed by atoms with Gasteiger partial charge in [-0.2, -0.15) is 0 Å². The molecule has 18 heteroatoms. The first-order valence-corrected chi connectivity index (χ1v) is 42.5. The Morgan fingerprint density at radius 1 is 0.293 bits per heavy atom. The number of halogens is 2. The van der Waals surface area contributed by atoms with Gasteiger partial charge in [0.15, 0.2) is 0 Å². The lowest BCUT2D eigenvalue weighted by molar-refractivity contribution is -0.122. The van der Waals surface area contributed by atoms with Crippen molar-refractivity contribution in [3.05, 3.63) is 258 Å². The summed E-state index contributed by atoms with van der Waals surface area (Å²) in [7, 11) is 7.72. The number of benzene rings is 8. The van der Waals surface area contributed by atoms with Crippen LogP contribution in [-0.4, -0.2) is 95.0 Å². The number of anilines is 4. The Hall–Kier alpha value is -9.90. The second-order valence-electron chi connectivity index (χ2n) is 35.0. The van der Waals surface area contributed by atoms with Crippen molar-refractivity contribution in [2.45, 2.75) is 194 Å². The molecule has 4 spiro atoms. The summed E-state index contributed by atoms with van der Waals surface area (Å²) < 4.78 is 0. The lowest BCUT2D eigenvalue weighted by atomic mass is 9.69. The maximum atomic E-state index is 12.8. The Kier molecular flexibility index (Phi) is 24.9. The smallest absolute Gasteiger partial charge is 0.254 e. The highest BCUT2D eigenvalue weighted by Gasteiger charge is 2.55. The van der Waals surface area contributed by atoms with E-state index in [-0.39, 0.29) is 93.1 Å². The van der Waals surface area contributed by atoms with Crippen LogP contribution in [0.2, 0.25) is 10.0 Å². The van der Waals surface area contributed by atoms with Crippen molar-refractivity contribution in [3.63, 3.8) is 0 Å². The van der Waals surface area contributed by atoms with Crippen LogP contribution >= 0.6 is 23.2 Å². The van der Waals surface area contributed by atoms with Crippen molar-refractivity contribution in [1.29, 1.82) is 0 Å². The molecule has 8 amide bonds. The van der Waals surface area contributed by atoms with Crippen LogP contribution in [0.15, 0.2) is 170 Å². The molecule has 4 saturated carbocycles. The molecular formula is C98H114Cl2N8O8. The molecule has 0 bridgehead atoms. The van der Waals surface area contributed by atoms with Crippen molar-refractivity contribution < 1.29 is 38.4 Å². The Bertz CT molecular complexity index is 4400. The van der Waals surface area contributed by atoms with Gasteiger partial charge in [0.2, 0.25) is 23.6 Å². The number of amides is 8. The van der Waals surface area contributed by atoms with E-state index in [2.05, 4.69) is 69.8 Å². The summed E-state index contributed by atoms with van der Waals surface area (Å²) in [6.07, 6.45) is 14.8. The Morgan fingerprint density at radius 3 is 0.655 bits per heavy atom. The zero-order chi connectivity index (χ0) is 83.0. The fourth-order valence-electron chi connectivity index (χ4n) is 20.3. The number of hydrogen-bond acceptors (Lipinski definition) is 8. The molecule has 8 aromatic rings. The molecular weight excluding hydrogens is 1490 g/mol. The second kappa shape index (κ2) is 34.3. The Morgan fingerprint density at radius 2 is 0.466 bits per heavy atom. The predicted molar refractivity (Wildman–Crippen MR) is 464 cm³/mol. The molecule has 608 valence electrons. The normalized spacial score (nSPS) is 24.5. The van der Waals surface area contributed by atoms with E-state index in [4.69, 9.17) is 23.2 Å². The predicted octanol–water partition coefficient (Wildman–Crippen LogP) is 20.9. The number of nitrogens with zero attached hydrogens (tertiary/aromatic N) is 4. The SMILES string of the molecule is Cc1ccc(NC(=O)[C@@H](C)C2CCC3(CC2)c2ccc(C)cc2C(=O)N3C)cc1.Cc1ccc(NC(=O)[C@H](C)C2CCC3(CC2)c2ccc(C)cc2C(=O)N3C)cc1.Cc1ccc2c(c1)C(=O)N(C)C21CCC([C@@H](C)C(=O)Nc2ccc(Cl)cc2)CC1.Cc1ccc2c(c1)C(=O)N(C)C21CCC([C@H](C)C(=O)Nc2ccc(Cl)cc2)CC1. The van der Waals surface area contributed by atoms with Gasteiger partial charge < -0.3 is 40.9 Å². The lowest BCUT2D eigenvalue weighted by Crippen LogP contribution is -2.45. The summed E-state index contributed by atoms with van der Waals surface area (Å²) in [5, 5.41) is 13.4. The molecule has 0 saturated heterocycles. The third kappa shape index (κ3) is 16.6. The molecule has 0 aromatic heterocycles. The van der Waals surface area contributed by atoms with E-state index in [0.29, 0.717) is 33.7 Å². The first-order valence-electron chi connectivity index (χ1n) is 41.7. The van der Waals surface area contributed by atoms with E-state index in [1.807, 2.05) is 214 Å². The van der Waals surface area contributed by atoms with Crippen molar-refractivity contribution in [2.75, 3.05) is 49.5 Å². The van der Waals surface area contributed by atoms with E-state index in [1.165, 1.54) is 22.3 Å². The number of fused-ring (bicyclic) bond motifs is 8. The average Bonchev–Trinajstić information content (AvgIpc) is 1.59. The number of carbonyl (C=O) groups is 8. The average molecular weight is 1600 g/mol. The van der Waals surface area contributed by atoms with Gasteiger partial charge >= 0.3 is 0 Å². The topological polar surface area (TPSA) is 198 Å². The molecule has 4 aliphatic heterocycles. The van der Waals surface area contributed by atoms with Crippen LogP contribution in [0.4, 0.5) is 22.7 Å². The zero-order valence-corrected chi connectivity index (χ0v) is 71.4. The molecule has 8 aliphatic rings. The third-order valence-electron chi connectivity index (χ3n) is 28.2. The second-order valence-corrected chi connectivity index (χ2v) is 35.9. The van der Waals surface area contributed by atoms with Gasteiger partial charge in [-0.3, -0.25) is 38.4 Å². The van der Waals surface area contributed by atoms with Crippen LogP contribution in [0.1, 0.15) is 227 Å². The third-order valence-corrected chi connectivity index (χ3v) is 28.7. The molecule has 116 heavy (non-hydrogen) atoms. The number of carbonyl (C=O) groups excluding carboxylic acids is 8. The molecule has 0 radical (unpaired) electrons. The number of hydrogen-bond donors (Lipinski definition) is 4. The molecule has 4 fully saturated rings. The van der Waals surface area contributed by atoms with E-state index < -0.39 is 0 Å². The fraction of sp³-hybridized carbons (Fsp3) is 0.429. The summed E-state index contributed by atoms with van der Waals surface area (Å²) in [6, 6.07) is 55.2. The minimum Gasteiger partial charge on any atom is -0.332 e. The Balaban J connectivity index is 0.000000135. The molecule has 0 unspecified atom stereocenters. The minimum absolute atomic E-state index is 0.0418. The highest BCUT2D eigenvalue weighted by Crippen LogP contribution is 2.55. The molecule has 16 rings (SSSR count). The number of nitrogens with one attached hydrogen (secondary N) is 4. The van der Waals surface area contributed by atoms with Crippen molar-refractivity contribution in [2.24, 2.45) is 47.3 Å². The van der Waals surface area contributed by atoms with E-state index in [9.17, 15) is 38.4 Å². The molecule has 4 heterocycles. The summed E-state index contributed by atoms with van der Waals surface area (Å²) in [4.78, 5) is 110. The molecule has 4 N–H and O–H groups in total. The van der Waals surface area contributed by atoms with E-state index in [1.54, 1.807) is 24.3 Å². The van der Waals surface area contributed by atoms with E-state index in [0.717, 1.165) is 181 Å². The highest BCUT2D eigenvalue weighted by atomic mass is 35.5. The van der Waals surface area contributed by atoms with Gasteiger partial charge in [0.25, 0.3) is 23.6 Å². The maximum absolute atomic E-state index is 12.8. The van der Waals surface area contributed by atoms with Gasteiger partial charge in [-0.15, -0.1) is 0 Å². The van der Waals surface area contributed by atoms with Gasteiger partial charge in [0.1, 0.15) is 0 Å². The molecule has 8 aromatic carbocycles. The van der Waals surface area contributed by atoms with Gasteiger partial charge in [-0.05, 0) is 287 Å². The van der Waals surface area contributed by atoms with Gasteiger partial charge in [-0.25, -0.2) is 0 Å². The van der Waals surface area contributed by atoms with Crippen LogP contribution in [0, 0.1) is 88.9 Å². The zero-order valence-electron chi connectivity index (χ0n) is 69.9. The summed E-state index contributed by atoms with van der Waals surface area (Å²) in [5.41, 5.74) is 17.3. The summed E-state index contributed by atoms with van der Waals surface area (Å²) in [5.74, 6) is 1.80. The summed E-state index contributed by atoms with van der Waals surface area (Å²) in [6.45, 7) is 20.3. The van der Waals surface area contributed by atoms with Crippen molar-refractivity contribution >= 4 is 93.2 Å². The molecule has 4 atom stereocenters. The van der Waals surface area contributed by atoms with E-state index >= 15 is 0 Å². The fourth-order valence-corrected chi connectivity index (χ4v) is 20.5. The monoisotopic (exact) mass is 1600 g/mol. The maximum Gasteiger partial charge on any atom is 0.254 e. The van der Waals surface area contributed by atoms with Gasteiger partial charge in [0, 0.05) is 107 Å². The number of rotatable bonds is 12. The molecule has 16 nitrogen and oxygen atoms in total. The van der Waals surface area contributed by atoms with Crippen LogP contribution in [-0.2, 0) is 41.3 Å². The lowest BCUT2D eigenvalue weighted by Gasteiger charge is -2.43. The van der Waals surface area contributed by atoms with Crippen molar-refractivity contribution in [3.8, 4) is 0 Å². The summed E-state index contributed by atoms with van der Waals surface area (Å²) >= 11 is 11.8. The van der Waals surface area contributed by atoms with Crippen LogP contribution in [0.5, 0.6) is 0 Å². The minimum atomic E-state index is -0.219. The van der Waals surface area contributed by atoms with Gasteiger partial charge in [0.05, 0.1) is 22.2 Å². The highest BCUT2D eigenvalue weighted by molar-refractivity contribution is 6.31. The standard InChI is InChI=1S/2C25H30N2O2.2C24H27ClN2O2/c2*1-16-5-8-20(9-6-16)26-23(28)18(3)19-11-13-25(14-12-19)22-10-7-17(2)15-21(22)24(29)27(25)4;2*1-15-4-9-21-20(14-15)23(29)27(3)24(21)12-10-17(11-13-24)16(2)22(28)26-19-7-5-18(25)6-8-19/h2*5-10,15,18-19H,11-14H2,1-4H3,(H,26,28);2*4-9,14,16-17H,10-13H2,1-3H3,(H,26,28)/t2*18-,19?,25?;2*16-,17?,24?/m1010/s1. The van der Waals surface area contributed by atoms with Gasteiger partial charge in [-0.1, -0.05) is 157 Å². The quantitative estimate of drug-likeness (QED) is 0.0926.